The molecule has 0 saturated carbocycles. The van der Waals surface area contributed by atoms with Crippen LogP contribution in [0.3, 0.4) is 0 Å². The number of para-hydroxylation sites is 1. The highest BCUT2D eigenvalue weighted by molar-refractivity contribution is 6.33. The number of rotatable bonds is 1. The molecule has 0 aliphatic carbocycles. The SMILES string of the molecule is c1ccc(-n2c3ccc[nH]c3c3c4c(ccc32)c2ccccc2c2ncnc24)cc1. The van der Waals surface area contributed by atoms with Crippen molar-refractivity contribution in [2.75, 3.05) is 0 Å². The summed E-state index contributed by atoms with van der Waals surface area (Å²) in [7, 11) is 0. The Balaban J connectivity index is 1.82. The Morgan fingerprint density at radius 2 is 1.40 bits per heavy atom. The number of hydrogen-bond acceptors (Lipinski definition) is 2. The van der Waals surface area contributed by atoms with Crippen LogP contribution in [0.15, 0.2) is 91.4 Å². The highest BCUT2D eigenvalue weighted by atomic mass is 15.0. The van der Waals surface area contributed by atoms with Crippen molar-refractivity contribution in [1.29, 1.82) is 0 Å². The first kappa shape index (κ1) is 15.7. The molecular weight excluding hydrogens is 368 g/mol. The standard InChI is InChI=1S/C26H16N4/c1-2-7-16(8-3-1)30-20-13-12-18-17-9-4-5-10-19(17)24-26(29-15-28-24)22(18)23(20)25-21(30)11-6-14-27-25/h1-15,27H. The summed E-state index contributed by atoms with van der Waals surface area (Å²) in [5, 5.41) is 5.89. The molecule has 1 N–H and O–H groups in total. The Labute approximate surface area is 171 Å². The van der Waals surface area contributed by atoms with Gasteiger partial charge in [0.25, 0.3) is 0 Å². The molecule has 0 aliphatic rings. The minimum Gasteiger partial charge on any atom is -0.359 e. The van der Waals surface area contributed by atoms with Crippen molar-refractivity contribution >= 4 is 54.5 Å². The average molecular weight is 384 g/mol. The fourth-order valence-electron chi connectivity index (χ4n) is 4.87. The van der Waals surface area contributed by atoms with Gasteiger partial charge in [-0.25, -0.2) is 9.97 Å². The summed E-state index contributed by atoms with van der Waals surface area (Å²) in [6.45, 7) is 0. The predicted octanol–water partition coefficient (Wildman–Crippen LogP) is 6.36. The van der Waals surface area contributed by atoms with Gasteiger partial charge in [0, 0.05) is 28.0 Å². The van der Waals surface area contributed by atoms with Gasteiger partial charge in [0.05, 0.1) is 27.6 Å². The summed E-state index contributed by atoms with van der Waals surface area (Å²) >= 11 is 0. The van der Waals surface area contributed by atoms with Gasteiger partial charge in [-0.15, -0.1) is 0 Å². The number of imidazole rings is 1. The Hall–Kier alpha value is -4.18. The van der Waals surface area contributed by atoms with E-state index in [1.807, 2.05) is 12.3 Å². The maximum Gasteiger partial charge on any atom is 0.116 e. The number of nitrogens with zero attached hydrogens (tertiary/aromatic N) is 3. The molecule has 0 fully saturated rings. The van der Waals surface area contributed by atoms with E-state index in [2.05, 4.69) is 87.3 Å². The third kappa shape index (κ3) is 1.90. The molecule has 3 heterocycles. The van der Waals surface area contributed by atoms with Crippen LogP contribution in [0.4, 0.5) is 0 Å². The van der Waals surface area contributed by atoms with Crippen molar-refractivity contribution in [1.82, 2.24) is 19.5 Å². The number of fused-ring (bicyclic) bond motifs is 10. The molecule has 0 spiro atoms. The zero-order chi connectivity index (χ0) is 19.7. The van der Waals surface area contributed by atoms with Crippen LogP contribution in [0.25, 0.3) is 60.2 Å². The minimum absolute atomic E-state index is 0.957. The van der Waals surface area contributed by atoms with Crippen LogP contribution in [0.5, 0.6) is 0 Å². The summed E-state index contributed by atoms with van der Waals surface area (Å²) in [6.07, 6.45) is 3.67. The lowest BCUT2D eigenvalue weighted by atomic mass is 9.97. The van der Waals surface area contributed by atoms with Crippen LogP contribution >= 0.6 is 0 Å². The third-order valence-electron chi connectivity index (χ3n) is 6.07. The summed E-state index contributed by atoms with van der Waals surface area (Å²) in [6, 6.07) is 27.6. The minimum atomic E-state index is 0.957. The van der Waals surface area contributed by atoms with E-state index in [0.29, 0.717) is 0 Å². The lowest BCUT2D eigenvalue weighted by Crippen LogP contribution is -1.93. The zero-order valence-corrected chi connectivity index (χ0v) is 16.0. The molecule has 0 amide bonds. The van der Waals surface area contributed by atoms with Crippen LogP contribution < -0.4 is 0 Å². The number of hydrogen-bond donors (Lipinski definition) is 1. The number of benzene rings is 4. The van der Waals surface area contributed by atoms with Gasteiger partial charge in [-0.2, -0.15) is 0 Å². The highest BCUT2D eigenvalue weighted by Crippen LogP contribution is 2.41. The van der Waals surface area contributed by atoms with Gasteiger partial charge < -0.3 is 9.55 Å². The second-order valence-corrected chi connectivity index (χ2v) is 7.60. The largest absolute Gasteiger partial charge is 0.359 e. The summed E-state index contributed by atoms with van der Waals surface area (Å²) in [4.78, 5) is 12.8. The molecule has 0 saturated heterocycles. The van der Waals surface area contributed by atoms with Gasteiger partial charge in [-0.05, 0) is 41.1 Å². The van der Waals surface area contributed by atoms with Crippen molar-refractivity contribution in [2.45, 2.75) is 0 Å². The Bertz CT molecular complexity index is 1740. The quantitative estimate of drug-likeness (QED) is 0.335. The molecule has 140 valence electrons. The molecule has 0 aliphatic heterocycles. The smallest absolute Gasteiger partial charge is 0.116 e. The number of aromatic amines is 1. The van der Waals surface area contributed by atoms with E-state index in [1.54, 1.807) is 6.33 Å². The zero-order valence-electron chi connectivity index (χ0n) is 16.0. The third-order valence-corrected chi connectivity index (χ3v) is 6.07. The lowest BCUT2D eigenvalue weighted by molar-refractivity contribution is 1.18. The second kappa shape index (κ2) is 5.67. The molecule has 30 heavy (non-hydrogen) atoms. The molecule has 7 aromatic rings. The first-order valence-corrected chi connectivity index (χ1v) is 10.0. The molecule has 4 aromatic carbocycles. The van der Waals surface area contributed by atoms with Gasteiger partial charge in [0.1, 0.15) is 6.33 Å². The summed E-state index contributed by atoms with van der Waals surface area (Å²) in [5.41, 5.74) is 6.47. The van der Waals surface area contributed by atoms with Crippen molar-refractivity contribution in [3.8, 4) is 5.69 Å². The molecule has 0 atom stereocenters. The van der Waals surface area contributed by atoms with Crippen molar-refractivity contribution in [3.05, 3.63) is 91.4 Å². The first-order chi connectivity index (χ1) is 14.9. The Morgan fingerprint density at radius 3 is 2.30 bits per heavy atom. The predicted molar refractivity (Wildman–Crippen MR) is 123 cm³/mol. The Kier molecular flexibility index (Phi) is 2.97. The Morgan fingerprint density at radius 1 is 0.600 bits per heavy atom. The van der Waals surface area contributed by atoms with Crippen LogP contribution in [0.2, 0.25) is 0 Å². The topological polar surface area (TPSA) is 46.5 Å². The van der Waals surface area contributed by atoms with E-state index in [4.69, 9.17) is 4.98 Å². The number of pyridine rings is 1. The lowest BCUT2D eigenvalue weighted by Gasteiger charge is -2.09. The average Bonchev–Trinajstić information content (AvgIpc) is 3.43. The molecule has 7 rings (SSSR count). The normalized spacial score (nSPS) is 12.0. The van der Waals surface area contributed by atoms with E-state index in [0.717, 1.165) is 44.0 Å². The van der Waals surface area contributed by atoms with Crippen LogP contribution in [-0.2, 0) is 0 Å². The maximum atomic E-state index is 4.70. The molecule has 4 nitrogen and oxygen atoms in total. The van der Waals surface area contributed by atoms with Gasteiger partial charge >= 0.3 is 0 Å². The molecule has 0 radical (unpaired) electrons. The van der Waals surface area contributed by atoms with Gasteiger partial charge in [0.15, 0.2) is 0 Å². The van der Waals surface area contributed by atoms with Crippen LogP contribution in [-0.4, -0.2) is 19.5 Å². The van der Waals surface area contributed by atoms with E-state index in [1.165, 1.54) is 16.2 Å². The molecule has 4 heteroatoms. The van der Waals surface area contributed by atoms with E-state index in [-0.39, 0.29) is 0 Å². The molecule has 0 unspecified atom stereocenters. The highest BCUT2D eigenvalue weighted by Gasteiger charge is 2.19. The van der Waals surface area contributed by atoms with Gasteiger partial charge in [0.2, 0.25) is 0 Å². The summed E-state index contributed by atoms with van der Waals surface area (Å²) < 4.78 is 2.32. The van der Waals surface area contributed by atoms with Gasteiger partial charge in [-0.1, -0.05) is 48.5 Å². The fraction of sp³-hybridized carbons (Fsp3) is 0. The maximum absolute atomic E-state index is 4.70. The monoisotopic (exact) mass is 384 g/mol. The fourth-order valence-corrected chi connectivity index (χ4v) is 4.87. The number of aromatic nitrogens is 4. The van der Waals surface area contributed by atoms with E-state index in [9.17, 15) is 0 Å². The van der Waals surface area contributed by atoms with E-state index >= 15 is 0 Å². The van der Waals surface area contributed by atoms with E-state index < -0.39 is 0 Å². The number of H-pyrrole nitrogens is 1. The van der Waals surface area contributed by atoms with Crippen molar-refractivity contribution < 1.29 is 0 Å². The van der Waals surface area contributed by atoms with Crippen LogP contribution in [0, 0.1) is 0 Å². The molecule has 3 aromatic heterocycles. The molecular formula is C26H16N4. The van der Waals surface area contributed by atoms with Crippen molar-refractivity contribution in [2.24, 2.45) is 0 Å². The number of nitrogens with one attached hydrogen (secondary N) is 1. The van der Waals surface area contributed by atoms with Gasteiger partial charge in [-0.3, -0.25) is 0 Å². The van der Waals surface area contributed by atoms with Crippen molar-refractivity contribution in [3.63, 3.8) is 0 Å². The molecule has 0 bridgehead atoms. The first-order valence-electron chi connectivity index (χ1n) is 10.0. The second-order valence-electron chi connectivity index (χ2n) is 7.60. The summed E-state index contributed by atoms with van der Waals surface area (Å²) in [5.74, 6) is 0. The van der Waals surface area contributed by atoms with Crippen LogP contribution in [0.1, 0.15) is 0 Å².